The Morgan fingerprint density at radius 3 is 2.84 bits per heavy atom. The molecule has 1 aromatic carbocycles. The first-order valence-corrected chi connectivity index (χ1v) is 6.47. The van der Waals surface area contributed by atoms with Crippen LogP contribution in [0.3, 0.4) is 0 Å². The van der Waals surface area contributed by atoms with Crippen LogP contribution in [0.15, 0.2) is 18.2 Å². The molecular weight excluding hydrogens is 242 g/mol. The second kappa shape index (κ2) is 5.40. The predicted molar refractivity (Wildman–Crippen MR) is 74.5 cm³/mol. The molecule has 1 aliphatic heterocycles. The van der Waals surface area contributed by atoms with Crippen molar-refractivity contribution in [2.75, 3.05) is 17.2 Å². The zero-order valence-electron chi connectivity index (χ0n) is 11.1. The maximum absolute atomic E-state index is 12.2. The van der Waals surface area contributed by atoms with E-state index in [1.54, 1.807) is 12.1 Å². The molecule has 0 aromatic heterocycles. The zero-order chi connectivity index (χ0) is 14.0. The number of imide groups is 1. The lowest BCUT2D eigenvalue weighted by atomic mass is 9.99. The van der Waals surface area contributed by atoms with Crippen molar-refractivity contribution < 1.29 is 9.59 Å². The highest BCUT2D eigenvalue weighted by Gasteiger charge is 2.29. The van der Waals surface area contributed by atoms with Crippen LogP contribution in [0.4, 0.5) is 11.4 Å². The smallest absolute Gasteiger partial charge is 0.234 e. The lowest BCUT2D eigenvalue weighted by molar-refractivity contribution is -0.127. The highest BCUT2D eigenvalue weighted by Crippen LogP contribution is 2.30. The number of carbonyl (C=O) groups excluding carboxylic acids is 2. The molecule has 0 aliphatic carbocycles. The molecule has 19 heavy (non-hydrogen) atoms. The molecule has 2 rings (SSSR count). The van der Waals surface area contributed by atoms with E-state index in [-0.39, 0.29) is 24.2 Å². The minimum absolute atomic E-state index is 0.0689. The Hall–Kier alpha value is -1.88. The maximum atomic E-state index is 12.2. The Balaban J connectivity index is 2.30. The van der Waals surface area contributed by atoms with Crippen molar-refractivity contribution >= 4 is 23.2 Å². The van der Waals surface area contributed by atoms with Crippen LogP contribution in [0.1, 0.15) is 25.3 Å². The molecule has 0 fully saturated rings. The third kappa shape index (κ3) is 2.76. The molecule has 1 atom stereocenters. The molecule has 102 valence electrons. The number of nitrogen functional groups attached to an aromatic ring is 1. The van der Waals surface area contributed by atoms with Gasteiger partial charge in [-0.3, -0.25) is 14.5 Å². The third-order valence-corrected chi connectivity index (χ3v) is 3.38. The summed E-state index contributed by atoms with van der Waals surface area (Å²) in [5.74, 6) is -0.264. The molecular formula is C14H19N3O2. The number of hydrogen-bond acceptors (Lipinski definition) is 4. The normalized spacial score (nSPS) is 16.1. The Bertz CT molecular complexity index is 513. The number of aryl methyl sites for hydroxylation is 1. The molecule has 0 spiro atoms. The number of fused-ring (bicyclic) bond motifs is 1. The Morgan fingerprint density at radius 2 is 2.16 bits per heavy atom. The monoisotopic (exact) mass is 261 g/mol. The van der Waals surface area contributed by atoms with Crippen LogP contribution in [-0.2, 0) is 16.0 Å². The number of hydrogen-bond donors (Lipinski definition) is 2. The lowest BCUT2D eigenvalue weighted by Gasteiger charge is -2.28. The average Bonchev–Trinajstić information content (AvgIpc) is 2.38. The summed E-state index contributed by atoms with van der Waals surface area (Å²) in [6, 6.07) is 5.28. The minimum atomic E-state index is -0.186. The van der Waals surface area contributed by atoms with Crippen LogP contribution in [0.5, 0.6) is 0 Å². The second-order valence-corrected chi connectivity index (χ2v) is 5.06. The summed E-state index contributed by atoms with van der Waals surface area (Å²) < 4.78 is 0. The average molecular weight is 261 g/mol. The van der Waals surface area contributed by atoms with Crippen LogP contribution >= 0.6 is 0 Å². The topological polar surface area (TPSA) is 89.4 Å². The largest absolute Gasteiger partial charge is 0.399 e. The van der Waals surface area contributed by atoms with E-state index in [2.05, 4.69) is 0 Å². The molecule has 0 saturated carbocycles. The highest BCUT2D eigenvalue weighted by atomic mass is 16.2. The molecule has 0 saturated heterocycles. The summed E-state index contributed by atoms with van der Waals surface area (Å²) in [5, 5.41) is 0. The van der Waals surface area contributed by atoms with Gasteiger partial charge in [0.15, 0.2) is 0 Å². The van der Waals surface area contributed by atoms with E-state index in [1.807, 2.05) is 13.0 Å². The molecule has 1 unspecified atom stereocenters. The van der Waals surface area contributed by atoms with E-state index in [0.717, 1.165) is 5.56 Å². The summed E-state index contributed by atoms with van der Waals surface area (Å²) in [7, 11) is 0. The summed E-state index contributed by atoms with van der Waals surface area (Å²) in [6.07, 6.45) is 1.26. The van der Waals surface area contributed by atoms with Crippen LogP contribution in [0.2, 0.25) is 0 Å². The van der Waals surface area contributed by atoms with Gasteiger partial charge in [0.05, 0.1) is 5.69 Å². The van der Waals surface area contributed by atoms with Gasteiger partial charge in [-0.2, -0.15) is 0 Å². The summed E-state index contributed by atoms with van der Waals surface area (Å²) in [6.45, 7) is 2.33. The van der Waals surface area contributed by atoms with Crippen LogP contribution in [0, 0.1) is 5.92 Å². The van der Waals surface area contributed by atoms with Gasteiger partial charge in [-0.1, -0.05) is 6.92 Å². The molecule has 2 amide bonds. The van der Waals surface area contributed by atoms with Gasteiger partial charge in [-0.15, -0.1) is 0 Å². The first-order chi connectivity index (χ1) is 9.02. The molecule has 0 radical (unpaired) electrons. The quantitative estimate of drug-likeness (QED) is 0.796. The van der Waals surface area contributed by atoms with Crippen LogP contribution in [0.25, 0.3) is 0 Å². The molecule has 0 bridgehead atoms. The molecule has 1 aromatic rings. The van der Waals surface area contributed by atoms with E-state index < -0.39 is 0 Å². The van der Waals surface area contributed by atoms with Crippen molar-refractivity contribution in [3.8, 4) is 0 Å². The standard InChI is InChI=1S/C14H19N3O2/c1-9(8-15)6-14(19)17-12-4-3-11(16)7-10(12)2-5-13(17)18/h3-4,7,9H,2,5-6,8,15-16H2,1H3. The Kier molecular flexibility index (Phi) is 3.85. The van der Waals surface area contributed by atoms with Crippen LogP contribution in [-0.4, -0.2) is 18.4 Å². The maximum Gasteiger partial charge on any atom is 0.234 e. The molecule has 5 heteroatoms. The summed E-state index contributed by atoms with van der Waals surface area (Å²) in [4.78, 5) is 25.5. The Morgan fingerprint density at radius 1 is 1.42 bits per heavy atom. The fraction of sp³-hybridized carbons (Fsp3) is 0.429. The molecule has 4 N–H and O–H groups in total. The van der Waals surface area contributed by atoms with Gasteiger partial charge in [0.25, 0.3) is 0 Å². The van der Waals surface area contributed by atoms with Crippen molar-refractivity contribution in [2.45, 2.75) is 26.2 Å². The number of anilines is 2. The van der Waals surface area contributed by atoms with E-state index in [0.29, 0.717) is 30.8 Å². The van der Waals surface area contributed by atoms with Crippen molar-refractivity contribution in [3.05, 3.63) is 23.8 Å². The summed E-state index contributed by atoms with van der Waals surface area (Å²) >= 11 is 0. The predicted octanol–water partition coefficient (Wildman–Crippen LogP) is 1.06. The van der Waals surface area contributed by atoms with Gasteiger partial charge in [-0.25, -0.2) is 0 Å². The number of rotatable bonds is 3. The molecule has 1 heterocycles. The van der Waals surface area contributed by atoms with Gasteiger partial charge in [0.1, 0.15) is 0 Å². The fourth-order valence-corrected chi connectivity index (χ4v) is 2.26. The van der Waals surface area contributed by atoms with E-state index in [1.165, 1.54) is 4.90 Å². The van der Waals surface area contributed by atoms with Gasteiger partial charge >= 0.3 is 0 Å². The van der Waals surface area contributed by atoms with Crippen molar-refractivity contribution in [1.29, 1.82) is 0 Å². The number of nitrogens with two attached hydrogens (primary N) is 2. The Labute approximate surface area is 112 Å². The van der Waals surface area contributed by atoms with E-state index >= 15 is 0 Å². The van der Waals surface area contributed by atoms with Crippen molar-refractivity contribution in [2.24, 2.45) is 11.7 Å². The number of nitrogens with zero attached hydrogens (tertiary/aromatic N) is 1. The number of amides is 2. The number of carbonyl (C=O) groups is 2. The van der Waals surface area contributed by atoms with Gasteiger partial charge in [-0.05, 0) is 42.6 Å². The van der Waals surface area contributed by atoms with E-state index in [4.69, 9.17) is 11.5 Å². The summed E-state index contributed by atoms with van der Waals surface area (Å²) in [5.41, 5.74) is 13.5. The third-order valence-electron chi connectivity index (χ3n) is 3.38. The van der Waals surface area contributed by atoms with Gasteiger partial charge in [0, 0.05) is 18.5 Å². The highest BCUT2D eigenvalue weighted by molar-refractivity contribution is 6.16. The fourth-order valence-electron chi connectivity index (χ4n) is 2.26. The van der Waals surface area contributed by atoms with Crippen molar-refractivity contribution in [3.63, 3.8) is 0 Å². The minimum Gasteiger partial charge on any atom is -0.399 e. The molecule has 1 aliphatic rings. The first kappa shape index (κ1) is 13.5. The number of benzene rings is 1. The lowest BCUT2D eigenvalue weighted by Crippen LogP contribution is -2.41. The van der Waals surface area contributed by atoms with E-state index in [9.17, 15) is 9.59 Å². The zero-order valence-corrected chi connectivity index (χ0v) is 11.1. The van der Waals surface area contributed by atoms with Crippen LogP contribution < -0.4 is 16.4 Å². The first-order valence-electron chi connectivity index (χ1n) is 6.47. The van der Waals surface area contributed by atoms with Gasteiger partial charge in [0.2, 0.25) is 11.8 Å². The SMILES string of the molecule is CC(CN)CC(=O)N1C(=O)CCc2cc(N)ccc21. The second-order valence-electron chi connectivity index (χ2n) is 5.06. The van der Waals surface area contributed by atoms with Gasteiger partial charge < -0.3 is 11.5 Å². The molecule has 5 nitrogen and oxygen atoms in total. The van der Waals surface area contributed by atoms with Crippen molar-refractivity contribution in [1.82, 2.24) is 0 Å².